The van der Waals surface area contributed by atoms with Crippen LogP contribution in [-0.4, -0.2) is 0 Å². The van der Waals surface area contributed by atoms with Crippen LogP contribution in [0.4, 0.5) is 0 Å². The lowest BCUT2D eigenvalue weighted by Crippen LogP contribution is -2.01. The normalized spacial score (nSPS) is 13.6. The van der Waals surface area contributed by atoms with Crippen molar-refractivity contribution < 1.29 is 0 Å². The highest BCUT2D eigenvalue weighted by Crippen LogP contribution is 2.45. The first-order valence-corrected chi connectivity index (χ1v) is 19.0. The standard InChI is InChI=1S/C34H52Br2S2/c1-5-7-9-11-13-15-17-25(3)19-21-27-29-23-31(35)38-34(29)28(30-24-32(36)37-33(27)30)22-20-26(4)18-16-14-12-10-8-6-2/h23-26H,5-22H2,1-4H3. The molecule has 0 amide bonds. The molecule has 3 aromatic rings. The Morgan fingerprint density at radius 2 is 0.921 bits per heavy atom. The maximum absolute atomic E-state index is 3.86. The van der Waals surface area contributed by atoms with E-state index in [0.29, 0.717) is 0 Å². The van der Waals surface area contributed by atoms with Gasteiger partial charge >= 0.3 is 0 Å². The zero-order chi connectivity index (χ0) is 27.3. The third kappa shape index (κ3) is 10.2. The largest absolute Gasteiger partial charge is 0.128 e. The molecule has 2 heterocycles. The molecule has 1 aromatic carbocycles. The number of aryl methyl sites for hydroxylation is 2. The fraction of sp³-hybridized carbons (Fsp3) is 0.706. The van der Waals surface area contributed by atoms with Crippen LogP contribution in [0.2, 0.25) is 0 Å². The van der Waals surface area contributed by atoms with Crippen molar-refractivity contribution in [1.29, 1.82) is 0 Å². The lowest BCUT2D eigenvalue weighted by atomic mass is 9.90. The molecule has 0 spiro atoms. The number of thiophene rings is 2. The van der Waals surface area contributed by atoms with Crippen LogP contribution in [0.25, 0.3) is 20.2 Å². The molecule has 0 saturated carbocycles. The predicted octanol–water partition coefficient (Wildman–Crippen LogP) is 14.3. The maximum Gasteiger partial charge on any atom is 0.0711 e. The van der Waals surface area contributed by atoms with Gasteiger partial charge in [0.05, 0.1) is 7.57 Å². The molecule has 0 saturated heterocycles. The van der Waals surface area contributed by atoms with Gasteiger partial charge in [-0.1, -0.05) is 118 Å². The van der Waals surface area contributed by atoms with E-state index in [1.165, 1.54) is 134 Å². The quantitative estimate of drug-likeness (QED) is 0.104. The zero-order valence-electron chi connectivity index (χ0n) is 24.6. The lowest BCUT2D eigenvalue weighted by Gasteiger charge is -2.16. The summed E-state index contributed by atoms with van der Waals surface area (Å²) < 4.78 is 5.65. The highest BCUT2D eigenvalue weighted by molar-refractivity contribution is 9.11. The molecule has 0 nitrogen and oxygen atoms in total. The molecule has 3 rings (SSSR count). The van der Waals surface area contributed by atoms with E-state index in [4.69, 9.17) is 0 Å². The van der Waals surface area contributed by atoms with E-state index in [1.807, 2.05) is 22.7 Å². The Bertz CT molecular complexity index is 941. The molecule has 0 aliphatic rings. The summed E-state index contributed by atoms with van der Waals surface area (Å²) in [5, 5.41) is 3.04. The second-order valence-corrected chi connectivity index (χ2v) is 16.8. The summed E-state index contributed by atoms with van der Waals surface area (Å²) in [6.45, 7) is 9.57. The Labute approximate surface area is 259 Å². The SMILES string of the molecule is CCCCCCCCC(C)CCc1c2cc(Br)sc2c(CCC(C)CCCCCCCC)c2cc(Br)sc12. The maximum atomic E-state index is 3.86. The van der Waals surface area contributed by atoms with Crippen LogP contribution in [0.5, 0.6) is 0 Å². The van der Waals surface area contributed by atoms with Crippen molar-refractivity contribution >= 4 is 74.7 Å². The van der Waals surface area contributed by atoms with Gasteiger partial charge in [-0.05, 0) is 103 Å². The van der Waals surface area contributed by atoms with Crippen LogP contribution in [-0.2, 0) is 12.8 Å². The number of fused-ring (bicyclic) bond motifs is 2. The molecule has 0 N–H and O–H groups in total. The van der Waals surface area contributed by atoms with Crippen molar-refractivity contribution in [3.8, 4) is 0 Å². The second-order valence-electron chi connectivity index (χ2n) is 11.9. The first-order chi connectivity index (χ1) is 18.4. The summed E-state index contributed by atoms with van der Waals surface area (Å²) in [5.41, 5.74) is 3.21. The van der Waals surface area contributed by atoms with E-state index in [1.54, 1.807) is 20.5 Å². The van der Waals surface area contributed by atoms with Crippen molar-refractivity contribution in [2.45, 2.75) is 143 Å². The zero-order valence-corrected chi connectivity index (χ0v) is 29.4. The van der Waals surface area contributed by atoms with Crippen LogP contribution in [0.1, 0.15) is 142 Å². The minimum absolute atomic E-state index is 0.805. The van der Waals surface area contributed by atoms with Gasteiger partial charge in [-0.2, -0.15) is 0 Å². The van der Waals surface area contributed by atoms with Crippen molar-refractivity contribution in [3.63, 3.8) is 0 Å². The van der Waals surface area contributed by atoms with E-state index < -0.39 is 0 Å². The number of hydrogen-bond donors (Lipinski definition) is 0. The minimum atomic E-state index is 0.805. The molecule has 0 bridgehead atoms. The summed E-state index contributed by atoms with van der Waals surface area (Å²) in [6.07, 6.45) is 24.6. The molecule has 0 radical (unpaired) electrons. The fourth-order valence-electron chi connectivity index (χ4n) is 5.98. The van der Waals surface area contributed by atoms with Gasteiger partial charge in [-0.3, -0.25) is 0 Å². The van der Waals surface area contributed by atoms with Gasteiger partial charge in [0.25, 0.3) is 0 Å². The number of benzene rings is 1. The van der Waals surface area contributed by atoms with Crippen LogP contribution in [0.3, 0.4) is 0 Å². The van der Waals surface area contributed by atoms with Gasteiger partial charge in [0.15, 0.2) is 0 Å². The Balaban J connectivity index is 1.65. The Morgan fingerprint density at radius 1 is 0.553 bits per heavy atom. The van der Waals surface area contributed by atoms with E-state index in [-0.39, 0.29) is 0 Å². The van der Waals surface area contributed by atoms with E-state index in [0.717, 1.165) is 11.8 Å². The third-order valence-corrected chi connectivity index (χ3v) is 11.9. The Hall–Kier alpha value is 0.1000. The molecule has 214 valence electrons. The van der Waals surface area contributed by atoms with E-state index in [2.05, 4.69) is 71.7 Å². The fourth-order valence-corrected chi connectivity index (χ4v) is 9.40. The number of halogens is 2. The second kappa shape index (κ2) is 17.8. The molecule has 0 fully saturated rings. The predicted molar refractivity (Wildman–Crippen MR) is 184 cm³/mol. The molecule has 2 aromatic heterocycles. The monoisotopic (exact) mass is 682 g/mol. The van der Waals surface area contributed by atoms with Crippen LogP contribution < -0.4 is 0 Å². The van der Waals surface area contributed by atoms with Gasteiger partial charge in [-0.15, -0.1) is 22.7 Å². The molecule has 0 aliphatic carbocycles. The van der Waals surface area contributed by atoms with Crippen LogP contribution >= 0.6 is 54.5 Å². The first-order valence-electron chi connectivity index (χ1n) is 15.8. The molecular formula is C34H52Br2S2. The van der Waals surface area contributed by atoms with Crippen molar-refractivity contribution in [3.05, 3.63) is 30.8 Å². The average Bonchev–Trinajstić information content (AvgIpc) is 3.47. The third-order valence-electron chi connectivity index (χ3n) is 8.48. The highest BCUT2D eigenvalue weighted by atomic mass is 79.9. The highest BCUT2D eigenvalue weighted by Gasteiger charge is 2.20. The average molecular weight is 685 g/mol. The topological polar surface area (TPSA) is 0 Å². The van der Waals surface area contributed by atoms with Crippen LogP contribution in [0.15, 0.2) is 19.7 Å². The van der Waals surface area contributed by atoms with Gasteiger partial charge < -0.3 is 0 Å². The summed E-state index contributed by atoms with van der Waals surface area (Å²) in [7, 11) is 0. The van der Waals surface area contributed by atoms with Crippen LogP contribution in [0, 0.1) is 11.8 Å². The van der Waals surface area contributed by atoms with Gasteiger partial charge in [0, 0.05) is 9.40 Å². The molecule has 4 heteroatoms. The molecule has 2 atom stereocenters. The Morgan fingerprint density at radius 3 is 1.32 bits per heavy atom. The van der Waals surface area contributed by atoms with E-state index >= 15 is 0 Å². The van der Waals surface area contributed by atoms with Crippen molar-refractivity contribution in [1.82, 2.24) is 0 Å². The van der Waals surface area contributed by atoms with Gasteiger partial charge in [0.1, 0.15) is 0 Å². The van der Waals surface area contributed by atoms with Gasteiger partial charge in [0.2, 0.25) is 0 Å². The number of rotatable bonds is 20. The van der Waals surface area contributed by atoms with E-state index in [9.17, 15) is 0 Å². The molecule has 38 heavy (non-hydrogen) atoms. The number of hydrogen-bond acceptors (Lipinski definition) is 2. The minimum Gasteiger partial charge on any atom is -0.128 e. The Kier molecular flexibility index (Phi) is 15.3. The summed E-state index contributed by atoms with van der Waals surface area (Å²) >= 11 is 11.6. The smallest absolute Gasteiger partial charge is 0.0711 e. The molecule has 2 unspecified atom stereocenters. The summed E-state index contributed by atoms with van der Waals surface area (Å²) in [5.74, 6) is 1.61. The van der Waals surface area contributed by atoms with Gasteiger partial charge in [-0.25, -0.2) is 0 Å². The first kappa shape index (κ1) is 32.6. The van der Waals surface area contributed by atoms with Crippen molar-refractivity contribution in [2.24, 2.45) is 11.8 Å². The molecular weight excluding hydrogens is 632 g/mol. The lowest BCUT2D eigenvalue weighted by molar-refractivity contribution is 0.456. The number of unbranched alkanes of at least 4 members (excludes halogenated alkanes) is 10. The summed E-state index contributed by atoms with van der Waals surface area (Å²) in [6, 6.07) is 4.84. The molecule has 0 aliphatic heterocycles. The van der Waals surface area contributed by atoms with Crippen molar-refractivity contribution in [2.75, 3.05) is 0 Å². The summed E-state index contributed by atoms with van der Waals surface area (Å²) in [4.78, 5) is 0.